The highest BCUT2D eigenvalue weighted by molar-refractivity contribution is 5.28. The molecule has 1 atom stereocenters. The van der Waals surface area contributed by atoms with Crippen LogP contribution < -0.4 is 4.74 Å². The molecule has 92 valence electrons. The van der Waals surface area contributed by atoms with Crippen molar-refractivity contribution in [3.8, 4) is 5.75 Å². The minimum Gasteiger partial charge on any atom is -0.501 e. The number of rotatable bonds is 4. The molecule has 2 rings (SSSR count). The molecule has 1 unspecified atom stereocenters. The van der Waals surface area contributed by atoms with Crippen LogP contribution in [-0.2, 0) is 11.2 Å². The van der Waals surface area contributed by atoms with Crippen molar-refractivity contribution < 1.29 is 14.6 Å². The van der Waals surface area contributed by atoms with E-state index >= 15 is 0 Å². The van der Waals surface area contributed by atoms with Gasteiger partial charge in [-0.2, -0.15) is 0 Å². The number of aliphatic hydroxyl groups excluding tert-OH is 1. The van der Waals surface area contributed by atoms with Crippen LogP contribution in [0.25, 0.3) is 0 Å². The van der Waals surface area contributed by atoms with Gasteiger partial charge in [0.1, 0.15) is 5.75 Å². The smallest absolute Gasteiger partial charge is 0.118 e. The molecular formula is C14H18O3. The molecule has 1 aromatic carbocycles. The number of methoxy groups -OCH3 is 1. The zero-order chi connectivity index (χ0) is 12.1. The van der Waals surface area contributed by atoms with E-state index in [1.54, 1.807) is 13.4 Å². The summed E-state index contributed by atoms with van der Waals surface area (Å²) in [6.45, 7) is 0.763. The largest absolute Gasteiger partial charge is 0.501 e. The first-order valence-electron chi connectivity index (χ1n) is 5.91. The molecule has 0 aromatic heterocycles. The van der Waals surface area contributed by atoms with Gasteiger partial charge in [0, 0.05) is 6.42 Å². The molecular weight excluding hydrogens is 216 g/mol. The summed E-state index contributed by atoms with van der Waals surface area (Å²) in [4.78, 5) is 0. The molecule has 1 aliphatic heterocycles. The van der Waals surface area contributed by atoms with Crippen LogP contribution in [0.4, 0.5) is 0 Å². The van der Waals surface area contributed by atoms with Crippen molar-refractivity contribution in [3.05, 3.63) is 41.7 Å². The molecule has 1 heterocycles. The third kappa shape index (κ3) is 3.24. The average molecular weight is 234 g/mol. The Morgan fingerprint density at radius 1 is 1.35 bits per heavy atom. The summed E-state index contributed by atoms with van der Waals surface area (Å²) in [5.41, 5.74) is 2.09. The summed E-state index contributed by atoms with van der Waals surface area (Å²) >= 11 is 0. The Morgan fingerprint density at radius 3 is 2.71 bits per heavy atom. The molecule has 0 bridgehead atoms. The van der Waals surface area contributed by atoms with E-state index in [2.05, 4.69) is 0 Å². The second kappa shape index (κ2) is 5.73. The highest BCUT2D eigenvalue weighted by atomic mass is 16.5. The third-order valence-corrected chi connectivity index (χ3v) is 2.98. The van der Waals surface area contributed by atoms with Crippen molar-refractivity contribution in [2.75, 3.05) is 13.7 Å². The summed E-state index contributed by atoms with van der Waals surface area (Å²) in [7, 11) is 1.65. The van der Waals surface area contributed by atoms with Crippen molar-refractivity contribution in [1.82, 2.24) is 0 Å². The number of ether oxygens (including phenoxy) is 2. The molecule has 3 nitrogen and oxygen atoms in total. The monoisotopic (exact) mass is 234 g/mol. The molecule has 3 heteroatoms. The number of benzene rings is 1. The number of hydrogen-bond donors (Lipinski definition) is 1. The van der Waals surface area contributed by atoms with Crippen LogP contribution >= 0.6 is 0 Å². The highest BCUT2D eigenvalue weighted by Crippen LogP contribution is 2.20. The average Bonchev–Trinajstić information content (AvgIpc) is 2.40. The molecule has 0 radical (unpaired) electrons. The molecule has 0 aliphatic carbocycles. The van der Waals surface area contributed by atoms with Gasteiger partial charge in [0.15, 0.2) is 0 Å². The third-order valence-electron chi connectivity index (χ3n) is 2.98. The number of aliphatic hydroxyl groups is 1. The SMILES string of the molecule is COc1ccc(CC(O)C2=COCCC2)cc1. The lowest BCUT2D eigenvalue weighted by molar-refractivity contribution is 0.169. The van der Waals surface area contributed by atoms with Crippen LogP contribution in [0.2, 0.25) is 0 Å². The van der Waals surface area contributed by atoms with E-state index in [9.17, 15) is 5.11 Å². The van der Waals surface area contributed by atoms with Crippen molar-refractivity contribution in [2.45, 2.75) is 25.4 Å². The Bertz CT molecular complexity index is 381. The summed E-state index contributed by atoms with van der Waals surface area (Å²) in [6, 6.07) is 7.78. The summed E-state index contributed by atoms with van der Waals surface area (Å²) in [5, 5.41) is 10.1. The van der Waals surface area contributed by atoms with Gasteiger partial charge in [-0.15, -0.1) is 0 Å². The zero-order valence-electron chi connectivity index (χ0n) is 10.1. The Hall–Kier alpha value is -1.48. The van der Waals surface area contributed by atoms with E-state index in [0.29, 0.717) is 6.42 Å². The molecule has 1 aliphatic rings. The standard InChI is InChI=1S/C14H18O3/c1-16-13-6-4-11(5-7-13)9-14(15)12-3-2-8-17-10-12/h4-7,10,14-15H,2-3,8-9H2,1H3. The van der Waals surface area contributed by atoms with Gasteiger partial charge in [-0.3, -0.25) is 0 Å². The quantitative estimate of drug-likeness (QED) is 0.868. The molecule has 1 aromatic rings. The van der Waals surface area contributed by atoms with E-state index < -0.39 is 6.10 Å². The molecule has 1 N–H and O–H groups in total. The summed E-state index contributed by atoms with van der Waals surface area (Å²) < 4.78 is 10.3. The molecule has 0 amide bonds. The lowest BCUT2D eigenvalue weighted by Gasteiger charge is -2.19. The van der Waals surface area contributed by atoms with Gasteiger partial charge >= 0.3 is 0 Å². The predicted molar refractivity (Wildman–Crippen MR) is 66.0 cm³/mol. The highest BCUT2D eigenvalue weighted by Gasteiger charge is 2.14. The maximum Gasteiger partial charge on any atom is 0.118 e. The summed E-state index contributed by atoms with van der Waals surface area (Å²) in [5.74, 6) is 0.837. The van der Waals surface area contributed by atoms with Crippen LogP contribution in [0, 0.1) is 0 Å². The normalized spacial score (nSPS) is 16.9. The topological polar surface area (TPSA) is 38.7 Å². The fourth-order valence-corrected chi connectivity index (χ4v) is 1.95. The molecule has 17 heavy (non-hydrogen) atoms. The molecule has 0 saturated heterocycles. The van der Waals surface area contributed by atoms with E-state index in [1.165, 1.54) is 0 Å². The fraction of sp³-hybridized carbons (Fsp3) is 0.429. The minimum atomic E-state index is -0.441. The van der Waals surface area contributed by atoms with Gasteiger partial charge in [-0.1, -0.05) is 12.1 Å². The van der Waals surface area contributed by atoms with Gasteiger partial charge in [-0.05, 0) is 36.1 Å². The van der Waals surface area contributed by atoms with Crippen LogP contribution in [-0.4, -0.2) is 24.9 Å². The van der Waals surface area contributed by atoms with Gasteiger partial charge in [0.25, 0.3) is 0 Å². The first-order valence-corrected chi connectivity index (χ1v) is 5.91. The lowest BCUT2D eigenvalue weighted by Crippen LogP contribution is -2.17. The lowest BCUT2D eigenvalue weighted by atomic mass is 9.98. The van der Waals surface area contributed by atoms with Crippen LogP contribution in [0.15, 0.2) is 36.1 Å². The van der Waals surface area contributed by atoms with Crippen molar-refractivity contribution >= 4 is 0 Å². The van der Waals surface area contributed by atoms with Crippen LogP contribution in [0.3, 0.4) is 0 Å². The Kier molecular flexibility index (Phi) is 4.04. The second-order valence-electron chi connectivity index (χ2n) is 4.24. The Labute approximate surface area is 102 Å². The van der Waals surface area contributed by atoms with Crippen molar-refractivity contribution in [2.24, 2.45) is 0 Å². The Morgan fingerprint density at radius 2 is 2.12 bits per heavy atom. The van der Waals surface area contributed by atoms with Crippen LogP contribution in [0.5, 0.6) is 5.75 Å². The Balaban J connectivity index is 1.97. The van der Waals surface area contributed by atoms with E-state index in [4.69, 9.17) is 9.47 Å². The molecule has 0 fully saturated rings. The van der Waals surface area contributed by atoms with Gasteiger partial charge in [0.05, 0.1) is 26.1 Å². The molecule has 0 spiro atoms. The first-order chi connectivity index (χ1) is 8.29. The van der Waals surface area contributed by atoms with Crippen molar-refractivity contribution in [3.63, 3.8) is 0 Å². The molecule has 0 saturated carbocycles. The fourth-order valence-electron chi connectivity index (χ4n) is 1.95. The number of hydrogen-bond acceptors (Lipinski definition) is 3. The van der Waals surface area contributed by atoms with Crippen molar-refractivity contribution in [1.29, 1.82) is 0 Å². The minimum absolute atomic E-state index is 0.441. The van der Waals surface area contributed by atoms with Gasteiger partial charge in [0.2, 0.25) is 0 Å². The van der Waals surface area contributed by atoms with Crippen LogP contribution in [0.1, 0.15) is 18.4 Å². The first kappa shape index (κ1) is 12.0. The maximum atomic E-state index is 10.1. The summed E-state index contributed by atoms with van der Waals surface area (Å²) in [6.07, 6.45) is 3.81. The van der Waals surface area contributed by atoms with Gasteiger partial charge in [-0.25, -0.2) is 0 Å². The van der Waals surface area contributed by atoms with E-state index in [0.717, 1.165) is 36.3 Å². The van der Waals surface area contributed by atoms with E-state index in [-0.39, 0.29) is 0 Å². The maximum absolute atomic E-state index is 10.1. The second-order valence-corrected chi connectivity index (χ2v) is 4.24. The predicted octanol–water partition coefficient (Wildman–Crippen LogP) is 2.29. The zero-order valence-corrected chi connectivity index (χ0v) is 10.1. The van der Waals surface area contributed by atoms with Gasteiger partial charge < -0.3 is 14.6 Å². The van der Waals surface area contributed by atoms with E-state index in [1.807, 2.05) is 24.3 Å².